The zero-order valence-corrected chi connectivity index (χ0v) is 11.9. The molecule has 0 aliphatic carbocycles. The van der Waals surface area contributed by atoms with Crippen molar-refractivity contribution >= 4 is 34.8 Å². The van der Waals surface area contributed by atoms with Gasteiger partial charge < -0.3 is 22.1 Å². The molecular weight excluding hydrogens is 280 g/mol. The molecule has 2 rings (SSSR count). The summed E-state index contributed by atoms with van der Waals surface area (Å²) in [5, 5.41) is 0.340. The lowest BCUT2D eigenvalue weighted by Gasteiger charge is -2.25. The van der Waals surface area contributed by atoms with Crippen molar-refractivity contribution in [3.63, 3.8) is 0 Å². The zero-order valence-electron chi connectivity index (χ0n) is 11.1. The van der Waals surface area contributed by atoms with Crippen LogP contribution in [0.3, 0.4) is 0 Å². The first-order valence-electron chi connectivity index (χ1n) is 6.18. The number of anilines is 2. The molecule has 6 N–H and O–H groups in total. The van der Waals surface area contributed by atoms with Crippen molar-refractivity contribution in [3.05, 3.63) is 22.7 Å². The summed E-state index contributed by atoms with van der Waals surface area (Å²) in [5.41, 5.74) is 17.0. The largest absolute Gasteiger partial charge is 0.399 e. The van der Waals surface area contributed by atoms with Crippen molar-refractivity contribution in [2.24, 2.45) is 16.9 Å². The van der Waals surface area contributed by atoms with Crippen LogP contribution in [0.15, 0.2) is 12.1 Å². The van der Waals surface area contributed by atoms with E-state index in [1.807, 2.05) is 4.90 Å². The number of hydrogen-bond acceptors (Lipinski definition) is 4. The Balaban J connectivity index is 2.44. The Labute approximate surface area is 121 Å². The fraction of sp³-hybridized carbons (Fsp3) is 0.385. The maximum absolute atomic E-state index is 11.6. The number of rotatable bonds is 3. The maximum atomic E-state index is 11.6. The SMILES string of the molecule is CC1(C(N)=O)CCN(c2c(Cl)cc(N)cc2C(N)=O)C1. The molecule has 0 saturated carbocycles. The number of amides is 2. The summed E-state index contributed by atoms with van der Waals surface area (Å²) < 4.78 is 0. The molecular formula is C13H17ClN4O2. The van der Waals surface area contributed by atoms with Crippen molar-refractivity contribution in [3.8, 4) is 0 Å². The van der Waals surface area contributed by atoms with E-state index < -0.39 is 11.3 Å². The number of carbonyl (C=O) groups excluding carboxylic acids is 2. The van der Waals surface area contributed by atoms with Crippen LogP contribution in [0.4, 0.5) is 11.4 Å². The lowest BCUT2D eigenvalue weighted by molar-refractivity contribution is -0.125. The lowest BCUT2D eigenvalue weighted by atomic mass is 9.89. The Bertz CT molecular complexity index is 590. The van der Waals surface area contributed by atoms with Gasteiger partial charge in [-0.2, -0.15) is 0 Å². The third kappa shape index (κ3) is 2.38. The summed E-state index contributed by atoms with van der Waals surface area (Å²) in [4.78, 5) is 24.9. The molecule has 0 aromatic heterocycles. The monoisotopic (exact) mass is 296 g/mol. The molecule has 7 heteroatoms. The average Bonchev–Trinajstić information content (AvgIpc) is 2.72. The molecule has 1 saturated heterocycles. The number of hydrogen-bond donors (Lipinski definition) is 3. The van der Waals surface area contributed by atoms with E-state index in [9.17, 15) is 9.59 Å². The standard InChI is InChI=1S/C13H17ClN4O2/c1-13(12(17)20)2-3-18(6-13)10-8(11(16)19)4-7(15)5-9(10)14/h4-5H,2-3,6,15H2,1H3,(H2,16,19)(H2,17,20). The Kier molecular flexibility index (Phi) is 3.52. The van der Waals surface area contributed by atoms with E-state index in [4.69, 9.17) is 28.8 Å². The molecule has 1 aromatic rings. The van der Waals surface area contributed by atoms with Gasteiger partial charge in [-0.25, -0.2) is 0 Å². The molecule has 6 nitrogen and oxygen atoms in total. The molecule has 1 heterocycles. The Morgan fingerprint density at radius 3 is 2.50 bits per heavy atom. The van der Waals surface area contributed by atoms with Crippen molar-refractivity contribution in [2.45, 2.75) is 13.3 Å². The third-order valence-corrected chi connectivity index (χ3v) is 4.02. The second-order valence-electron chi connectivity index (χ2n) is 5.36. The summed E-state index contributed by atoms with van der Waals surface area (Å²) in [6.45, 7) is 2.76. The molecule has 20 heavy (non-hydrogen) atoms. The molecule has 108 valence electrons. The van der Waals surface area contributed by atoms with Gasteiger partial charge in [0.05, 0.1) is 21.7 Å². The van der Waals surface area contributed by atoms with Crippen molar-refractivity contribution in [1.29, 1.82) is 0 Å². The maximum Gasteiger partial charge on any atom is 0.250 e. The third-order valence-electron chi connectivity index (χ3n) is 3.74. The van der Waals surface area contributed by atoms with E-state index in [0.717, 1.165) is 0 Å². The highest BCUT2D eigenvalue weighted by Gasteiger charge is 2.40. The molecule has 2 amide bonds. The number of benzene rings is 1. The van der Waals surface area contributed by atoms with E-state index in [0.29, 0.717) is 35.9 Å². The first-order valence-corrected chi connectivity index (χ1v) is 6.56. The predicted octanol–water partition coefficient (Wildman–Crippen LogP) is 0.723. The van der Waals surface area contributed by atoms with Gasteiger partial charge in [-0.3, -0.25) is 9.59 Å². The first-order chi connectivity index (χ1) is 9.24. The van der Waals surface area contributed by atoms with E-state index in [1.165, 1.54) is 6.07 Å². The van der Waals surface area contributed by atoms with Crippen molar-refractivity contribution in [1.82, 2.24) is 0 Å². The second kappa shape index (κ2) is 4.86. The van der Waals surface area contributed by atoms with Gasteiger partial charge in [0.25, 0.3) is 5.91 Å². The van der Waals surface area contributed by atoms with Gasteiger partial charge in [0.15, 0.2) is 0 Å². The fourth-order valence-electron chi connectivity index (χ4n) is 2.48. The molecule has 0 bridgehead atoms. The highest BCUT2D eigenvalue weighted by atomic mass is 35.5. The highest BCUT2D eigenvalue weighted by molar-refractivity contribution is 6.34. The van der Waals surface area contributed by atoms with Crippen LogP contribution in [-0.4, -0.2) is 24.9 Å². The molecule has 1 fully saturated rings. The molecule has 0 spiro atoms. The smallest absolute Gasteiger partial charge is 0.250 e. The van der Waals surface area contributed by atoms with Gasteiger partial charge in [0.1, 0.15) is 0 Å². The summed E-state index contributed by atoms with van der Waals surface area (Å²) in [6.07, 6.45) is 0.598. The normalized spacial score (nSPS) is 22.0. The van der Waals surface area contributed by atoms with Gasteiger partial charge in [-0.05, 0) is 25.5 Å². The van der Waals surface area contributed by atoms with Gasteiger partial charge in [0.2, 0.25) is 5.91 Å². The zero-order chi connectivity index (χ0) is 15.1. The summed E-state index contributed by atoms with van der Waals surface area (Å²) in [5.74, 6) is -0.978. The quantitative estimate of drug-likeness (QED) is 0.713. The molecule has 1 unspecified atom stereocenters. The van der Waals surface area contributed by atoms with Gasteiger partial charge in [-0.1, -0.05) is 11.6 Å². The van der Waals surface area contributed by atoms with Crippen LogP contribution in [0.1, 0.15) is 23.7 Å². The van der Waals surface area contributed by atoms with E-state index in [-0.39, 0.29) is 11.5 Å². The van der Waals surface area contributed by atoms with Crippen molar-refractivity contribution < 1.29 is 9.59 Å². The topological polar surface area (TPSA) is 115 Å². The molecule has 1 aromatic carbocycles. The van der Waals surface area contributed by atoms with Gasteiger partial charge in [0, 0.05) is 18.8 Å². The lowest BCUT2D eigenvalue weighted by Crippen LogP contribution is -2.37. The average molecular weight is 297 g/mol. The van der Waals surface area contributed by atoms with Crippen LogP contribution in [0.5, 0.6) is 0 Å². The van der Waals surface area contributed by atoms with Crippen LogP contribution in [0, 0.1) is 5.41 Å². The van der Waals surface area contributed by atoms with Crippen LogP contribution < -0.4 is 22.1 Å². The predicted molar refractivity (Wildman–Crippen MR) is 78.5 cm³/mol. The highest BCUT2D eigenvalue weighted by Crippen LogP contribution is 2.39. The van der Waals surface area contributed by atoms with E-state index >= 15 is 0 Å². The fourth-order valence-corrected chi connectivity index (χ4v) is 2.83. The molecule has 0 radical (unpaired) electrons. The first kappa shape index (κ1) is 14.5. The van der Waals surface area contributed by atoms with Crippen LogP contribution in [0.2, 0.25) is 5.02 Å². The number of halogens is 1. The number of nitrogens with two attached hydrogens (primary N) is 3. The minimum atomic E-state index is -0.639. The number of primary amides is 2. The van der Waals surface area contributed by atoms with E-state index in [2.05, 4.69) is 0 Å². The van der Waals surface area contributed by atoms with E-state index in [1.54, 1.807) is 13.0 Å². The molecule has 1 aliphatic rings. The Hall–Kier alpha value is -1.95. The van der Waals surface area contributed by atoms with Crippen LogP contribution in [-0.2, 0) is 4.79 Å². The Morgan fingerprint density at radius 1 is 1.35 bits per heavy atom. The summed E-state index contributed by atoms with van der Waals surface area (Å²) >= 11 is 6.19. The molecule has 1 aliphatic heterocycles. The van der Waals surface area contributed by atoms with Gasteiger partial charge >= 0.3 is 0 Å². The number of carbonyl (C=O) groups is 2. The summed E-state index contributed by atoms with van der Waals surface area (Å²) in [6, 6.07) is 3.05. The Morgan fingerprint density at radius 2 is 2.00 bits per heavy atom. The minimum Gasteiger partial charge on any atom is -0.399 e. The molecule has 1 atom stereocenters. The van der Waals surface area contributed by atoms with Crippen LogP contribution in [0.25, 0.3) is 0 Å². The van der Waals surface area contributed by atoms with Crippen LogP contribution >= 0.6 is 11.6 Å². The summed E-state index contributed by atoms with van der Waals surface area (Å²) in [7, 11) is 0. The number of nitrogen functional groups attached to an aromatic ring is 1. The second-order valence-corrected chi connectivity index (χ2v) is 5.77. The number of nitrogens with zero attached hydrogens (tertiary/aromatic N) is 1. The van der Waals surface area contributed by atoms with Gasteiger partial charge in [-0.15, -0.1) is 0 Å². The van der Waals surface area contributed by atoms with Crippen molar-refractivity contribution in [2.75, 3.05) is 23.7 Å². The minimum absolute atomic E-state index is 0.253.